The van der Waals surface area contributed by atoms with E-state index in [-0.39, 0.29) is 5.92 Å². The summed E-state index contributed by atoms with van der Waals surface area (Å²) in [5.41, 5.74) is 0. The quantitative estimate of drug-likeness (QED) is 0.589. The molecule has 0 aliphatic heterocycles. The number of carbonyl (C=O) groups is 1. The summed E-state index contributed by atoms with van der Waals surface area (Å²) in [5, 5.41) is 8.62. The minimum absolute atomic E-state index is 0.161. The molecular formula is C11H22O2. The average Bonchev–Trinajstić information content (AvgIpc) is 2.10. The second-order valence-corrected chi connectivity index (χ2v) is 3.80. The summed E-state index contributed by atoms with van der Waals surface area (Å²) in [6.07, 6.45) is 8.24. The first kappa shape index (κ1) is 12.5. The fourth-order valence-electron chi connectivity index (χ4n) is 1.35. The van der Waals surface area contributed by atoms with Crippen LogP contribution in [0.15, 0.2) is 0 Å². The minimum atomic E-state index is -0.659. The zero-order valence-corrected chi connectivity index (χ0v) is 8.88. The Morgan fingerprint density at radius 1 is 1.15 bits per heavy atom. The summed E-state index contributed by atoms with van der Waals surface area (Å²) < 4.78 is 0. The molecule has 0 rings (SSSR count). The van der Waals surface area contributed by atoms with Gasteiger partial charge in [0.15, 0.2) is 0 Å². The van der Waals surface area contributed by atoms with Crippen LogP contribution < -0.4 is 0 Å². The van der Waals surface area contributed by atoms with Crippen LogP contribution in [0.1, 0.15) is 58.8 Å². The molecule has 0 bridgehead atoms. The highest BCUT2D eigenvalue weighted by Crippen LogP contribution is 2.11. The van der Waals surface area contributed by atoms with Gasteiger partial charge in [-0.3, -0.25) is 4.79 Å². The van der Waals surface area contributed by atoms with Gasteiger partial charge in [-0.05, 0) is 6.42 Å². The molecular weight excluding hydrogens is 164 g/mol. The number of carboxylic acid groups (broad SMARTS) is 1. The molecule has 0 amide bonds. The van der Waals surface area contributed by atoms with E-state index in [1.807, 2.05) is 0 Å². The van der Waals surface area contributed by atoms with E-state index in [2.05, 4.69) is 6.92 Å². The first-order chi connectivity index (χ1) is 6.18. The van der Waals surface area contributed by atoms with Gasteiger partial charge in [-0.2, -0.15) is 0 Å². The Morgan fingerprint density at radius 2 is 1.69 bits per heavy atom. The predicted molar refractivity (Wildman–Crippen MR) is 54.8 cm³/mol. The summed E-state index contributed by atoms with van der Waals surface area (Å²) in [5.74, 6) is -0.820. The number of carboxylic acids is 1. The van der Waals surface area contributed by atoms with Crippen LogP contribution in [-0.2, 0) is 4.79 Å². The van der Waals surface area contributed by atoms with Gasteiger partial charge in [0.2, 0.25) is 0 Å². The van der Waals surface area contributed by atoms with Crippen molar-refractivity contribution in [2.24, 2.45) is 5.92 Å². The second kappa shape index (κ2) is 8.09. The van der Waals surface area contributed by atoms with Crippen molar-refractivity contribution in [1.29, 1.82) is 0 Å². The topological polar surface area (TPSA) is 37.3 Å². The van der Waals surface area contributed by atoms with Crippen molar-refractivity contribution in [1.82, 2.24) is 0 Å². The fourth-order valence-corrected chi connectivity index (χ4v) is 1.35. The largest absolute Gasteiger partial charge is 0.481 e. The third kappa shape index (κ3) is 7.82. The van der Waals surface area contributed by atoms with Crippen LogP contribution >= 0.6 is 0 Å². The Bertz CT molecular complexity index is 132. The summed E-state index contributed by atoms with van der Waals surface area (Å²) in [7, 11) is 0. The second-order valence-electron chi connectivity index (χ2n) is 3.80. The number of rotatable bonds is 8. The maximum Gasteiger partial charge on any atom is 0.306 e. The molecule has 2 nitrogen and oxygen atoms in total. The lowest BCUT2D eigenvalue weighted by molar-refractivity contribution is -0.141. The van der Waals surface area contributed by atoms with Crippen LogP contribution in [0.2, 0.25) is 0 Å². The van der Waals surface area contributed by atoms with Crippen LogP contribution in [0.4, 0.5) is 0 Å². The predicted octanol–water partition coefficient (Wildman–Crippen LogP) is 3.46. The lowest BCUT2D eigenvalue weighted by Crippen LogP contribution is -2.08. The molecule has 1 atom stereocenters. The Balaban J connectivity index is 3.11. The molecule has 1 N–H and O–H groups in total. The first-order valence-electron chi connectivity index (χ1n) is 5.41. The van der Waals surface area contributed by atoms with E-state index in [0.717, 1.165) is 12.8 Å². The molecule has 2 heteroatoms. The van der Waals surface area contributed by atoms with Crippen molar-refractivity contribution in [3.63, 3.8) is 0 Å². The van der Waals surface area contributed by atoms with Gasteiger partial charge in [0.05, 0.1) is 5.92 Å². The molecule has 0 radical (unpaired) electrons. The van der Waals surface area contributed by atoms with Gasteiger partial charge >= 0.3 is 5.97 Å². The lowest BCUT2D eigenvalue weighted by atomic mass is 10.0. The monoisotopic (exact) mass is 186 g/mol. The SMILES string of the molecule is CCCCCCCC[C@@H](C)C(=O)O. The Kier molecular flexibility index (Phi) is 7.76. The normalized spacial score (nSPS) is 12.8. The number of hydrogen-bond donors (Lipinski definition) is 1. The van der Waals surface area contributed by atoms with E-state index in [0.29, 0.717) is 0 Å². The van der Waals surface area contributed by atoms with E-state index >= 15 is 0 Å². The van der Waals surface area contributed by atoms with Gasteiger partial charge in [-0.25, -0.2) is 0 Å². The molecule has 0 aliphatic carbocycles. The van der Waals surface area contributed by atoms with Crippen LogP contribution in [-0.4, -0.2) is 11.1 Å². The van der Waals surface area contributed by atoms with Crippen molar-refractivity contribution < 1.29 is 9.90 Å². The molecule has 0 spiro atoms. The number of aliphatic carboxylic acids is 1. The third-order valence-electron chi connectivity index (χ3n) is 2.41. The number of unbranched alkanes of at least 4 members (excludes halogenated alkanes) is 5. The van der Waals surface area contributed by atoms with Crippen LogP contribution in [0, 0.1) is 5.92 Å². The Morgan fingerprint density at radius 3 is 2.23 bits per heavy atom. The minimum Gasteiger partial charge on any atom is -0.481 e. The van der Waals surface area contributed by atoms with E-state index in [1.165, 1.54) is 32.1 Å². The highest BCUT2D eigenvalue weighted by molar-refractivity contribution is 5.69. The van der Waals surface area contributed by atoms with Crippen LogP contribution in [0.25, 0.3) is 0 Å². The highest BCUT2D eigenvalue weighted by Gasteiger charge is 2.08. The van der Waals surface area contributed by atoms with Gasteiger partial charge in [0, 0.05) is 0 Å². The van der Waals surface area contributed by atoms with Gasteiger partial charge in [0.1, 0.15) is 0 Å². The highest BCUT2D eigenvalue weighted by atomic mass is 16.4. The maximum atomic E-state index is 10.5. The van der Waals surface area contributed by atoms with Crippen molar-refractivity contribution in [3.05, 3.63) is 0 Å². The van der Waals surface area contributed by atoms with Gasteiger partial charge in [0.25, 0.3) is 0 Å². The zero-order valence-electron chi connectivity index (χ0n) is 8.88. The molecule has 13 heavy (non-hydrogen) atoms. The Labute approximate surface area is 81.3 Å². The third-order valence-corrected chi connectivity index (χ3v) is 2.41. The van der Waals surface area contributed by atoms with E-state index in [1.54, 1.807) is 6.92 Å². The molecule has 0 fully saturated rings. The summed E-state index contributed by atoms with van der Waals surface area (Å²) in [6.45, 7) is 3.99. The molecule has 0 aromatic rings. The molecule has 0 unspecified atom stereocenters. The molecule has 0 aromatic heterocycles. The lowest BCUT2D eigenvalue weighted by Gasteiger charge is -2.04. The summed E-state index contributed by atoms with van der Waals surface area (Å²) in [4.78, 5) is 10.5. The van der Waals surface area contributed by atoms with Crippen molar-refractivity contribution in [2.45, 2.75) is 58.8 Å². The molecule has 0 saturated heterocycles. The maximum absolute atomic E-state index is 10.5. The average molecular weight is 186 g/mol. The first-order valence-corrected chi connectivity index (χ1v) is 5.41. The van der Waals surface area contributed by atoms with Crippen LogP contribution in [0.5, 0.6) is 0 Å². The van der Waals surface area contributed by atoms with Gasteiger partial charge < -0.3 is 5.11 Å². The number of hydrogen-bond acceptors (Lipinski definition) is 1. The standard InChI is InChI=1S/C11H22O2/c1-3-4-5-6-7-8-9-10(2)11(12)13/h10H,3-9H2,1-2H3,(H,12,13)/t10-/m1/s1. The van der Waals surface area contributed by atoms with Crippen molar-refractivity contribution in [3.8, 4) is 0 Å². The molecule has 78 valence electrons. The van der Waals surface area contributed by atoms with Gasteiger partial charge in [-0.1, -0.05) is 52.4 Å². The zero-order chi connectivity index (χ0) is 10.1. The van der Waals surface area contributed by atoms with Gasteiger partial charge in [-0.15, -0.1) is 0 Å². The summed E-state index contributed by atoms with van der Waals surface area (Å²) in [6, 6.07) is 0. The molecule has 0 heterocycles. The Hall–Kier alpha value is -0.530. The van der Waals surface area contributed by atoms with Crippen LogP contribution in [0.3, 0.4) is 0 Å². The molecule has 0 saturated carbocycles. The summed E-state index contributed by atoms with van der Waals surface area (Å²) >= 11 is 0. The van der Waals surface area contributed by atoms with E-state index in [9.17, 15) is 4.79 Å². The van der Waals surface area contributed by atoms with E-state index in [4.69, 9.17) is 5.11 Å². The smallest absolute Gasteiger partial charge is 0.306 e. The fraction of sp³-hybridized carbons (Fsp3) is 0.909. The van der Waals surface area contributed by atoms with Crippen molar-refractivity contribution in [2.75, 3.05) is 0 Å². The van der Waals surface area contributed by atoms with Crippen molar-refractivity contribution >= 4 is 5.97 Å². The molecule has 0 aromatic carbocycles. The van der Waals surface area contributed by atoms with E-state index < -0.39 is 5.97 Å². The molecule has 0 aliphatic rings.